The number of rotatable bonds is 5. The fourth-order valence-corrected chi connectivity index (χ4v) is 3.04. The van der Waals surface area contributed by atoms with Crippen molar-refractivity contribution in [1.82, 2.24) is 9.97 Å². The summed E-state index contributed by atoms with van der Waals surface area (Å²) >= 11 is 0. The first-order chi connectivity index (χ1) is 12.7. The summed E-state index contributed by atoms with van der Waals surface area (Å²) in [7, 11) is 0. The summed E-state index contributed by atoms with van der Waals surface area (Å²) in [4.78, 5) is 31.1. The number of benzene rings is 1. The number of pyridine rings is 2. The van der Waals surface area contributed by atoms with E-state index in [1.54, 1.807) is 18.6 Å². The third-order valence-electron chi connectivity index (χ3n) is 4.79. The van der Waals surface area contributed by atoms with E-state index in [4.69, 9.17) is 0 Å². The molecule has 1 N–H and O–H groups in total. The molecule has 26 heavy (non-hydrogen) atoms. The minimum atomic E-state index is 0.0516. The van der Waals surface area contributed by atoms with Gasteiger partial charge in [0.15, 0.2) is 0 Å². The molecule has 0 radical (unpaired) electrons. The number of aromatic nitrogens is 2. The Labute approximate surface area is 150 Å². The number of hydrogen-bond donors (Lipinski definition) is 1. The van der Waals surface area contributed by atoms with Crippen LogP contribution in [0.3, 0.4) is 0 Å². The maximum absolute atomic E-state index is 11.9. The SMILES string of the molecule is Cc1c(CN=O)cncc1-c1ccc2cc(NC(=O)C3CC3)ncc2c1. The third-order valence-corrected chi connectivity index (χ3v) is 4.79. The second-order valence-electron chi connectivity index (χ2n) is 6.65. The molecule has 1 amide bonds. The van der Waals surface area contributed by atoms with Gasteiger partial charge in [-0.15, -0.1) is 0 Å². The van der Waals surface area contributed by atoms with E-state index in [-0.39, 0.29) is 18.4 Å². The molecule has 0 unspecified atom stereocenters. The van der Waals surface area contributed by atoms with Crippen molar-refractivity contribution in [2.45, 2.75) is 26.3 Å². The molecule has 4 rings (SSSR count). The number of nitrogens with zero attached hydrogens (tertiary/aromatic N) is 3. The highest BCUT2D eigenvalue weighted by Gasteiger charge is 2.29. The van der Waals surface area contributed by atoms with Crippen molar-refractivity contribution >= 4 is 22.5 Å². The number of amides is 1. The minimum absolute atomic E-state index is 0.0516. The van der Waals surface area contributed by atoms with Crippen LogP contribution in [0.2, 0.25) is 0 Å². The van der Waals surface area contributed by atoms with Gasteiger partial charge < -0.3 is 5.32 Å². The first-order valence-electron chi connectivity index (χ1n) is 8.59. The summed E-state index contributed by atoms with van der Waals surface area (Å²) in [6, 6.07) is 7.94. The van der Waals surface area contributed by atoms with E-state index in [1.807, 2.05) is 31.2 Å². The van der Waals surface area contributed by atoms with Crippen molar-refractivity contribution in [3.05, 3.63) is 58.9 Å². The Kier molecular flexibility index (Phi) is 4.16. The Bertz CT molecular complexity index is 1010. The van der Waals surface area contributed by atoms with Gasteiger partial charge in [0.25, 0.3) is 0 Å². The second-order valence-corrected chi connectivity index (χ2v) is 6.65. The number of fused-ring (bicyclic) bond motifs is 1. The molecule has 1 saturated carbocycles. The topological polar surface area (TPSA) is 84.3 Å². The molecule has 0 atom stereocenters. The molecule has 0 spiro atoms. The molecule has 2 aromatic heterocycles. The summed E-state index contributed by atoms with van der Waals surface area (Å²) in [5.41, 5.74) is 3.81. The molecule has 1 aromatic carbocycles. The highest BCUT2D eigenvalue weighted by Crippen LogP contribution is 2.31. The van der Waals surface area contributed by atoms with Gasteiger partial charge in [-0.3, -0.25) is 9.78 Å². The number of nitrogens with one attached hydrogen (secondary N) is 1. The van der Waals surface area contributed by atoms with Crippen LogP contribution in [0.5, 0.6) is 0 Å². The Morgan fingerprint density at radius 2 is 2.04 bits per heavy atom. The summed E-state index contributed by atoms with van der Waals surface area (Å²) < 4.78 is 0. The Morgan fingerprint density at radius 3 is 2.81 bits per heavy atom. The zero-order valence-corrected chi connectivity index (χ0v) is 14.4. The van der Waals surface area contributed by atoms with Crippen LogP contribution in [0.4, 0.5) is 5.82 Å². The van der Waals surface area contributed by atoms with Crippen LogP contribution in [0.1, 0.15) is 24.0 Å². The summed E-state index contributed by atoms with van der Waals surface area (Å²) in [6.07, 6.45) is 7.17. The van der Waals surface area contributed by atoms with Crippen molar-refractivity contribution in [2.75, 3.05) is 5.32 Å². The average molecular weight is 346 g/mol. The molecule has 3 aromatic rings. The van der Waals surface area contributed by atoms with Crippen molar-refractivity contribution in [1.29, 1.82) is 0 Å². The molecular weight excluding hydrogens is 328 g/mol. The lowest BCUT2D eigenvalue weighted by molar-refractivity contribution is -0.117. The number of hydrogen-bond acceptors (Lipinski definition) is 5. The molecule has 6 heteroatoms. The van der Waals surface area contributed by atoms with E-state index in [2.05, 4.69) is 20.5 Å². The maximum Gasteiger partial charge on any atom is 0.228 e. The molecular formula is C20H18N4O2. The molecule has 0 aliphatic heterocycles. The number of carbonyl (C=O) groups excluding carboxylic acids is 1. The fraction of sp³-hybridized carbons (Fsp3) is 0.250. The molecule has 1 fully saturated rings. The molecule has 1 aliphatic rings. The highest BCUT2D eigenvalue weighted by atomic mass is 16.3. The normalized spacial score (nSPS) is 13.6. The zero-order valence-electron chi connectivity index (χ0n) is 14.4. The minimum Gasteiger partial charge on any atom is -0.310 e. The van der Waals surface area contributed by atoms with Crippen LogP contribution in [-0.4, -0.2) is 15.9 Å². The molecule has 130 valence electrons. The average Bonchev–Trinajstić information content (AvgIpc) is 3.48. The molecule has 0 bridgehead atoms. The lowest BCUT2D eigenvalue weighted by atomic mass is 9.97. The van der Waals surface area contributed by atoms with Crippen molar-refractivity contribution in [3.63, 3.8) is 0 Å². The predicted octanol–water partition coefficient (Wildman–Crippen LogP) is 4.22. The quantitative estimate of drug-likeness (QED) is 0.701. The fourth-order valence-electron chi connectivity index (χ4n) is 3.04. The lowest BCUT2D eigenvalue weighted by Gasteiger charge is -2.10. The van der Waals surface area contributed by atoms with Gasteiger partial charge in [0, 0.05) is 35.5 Å². The van der Waals surface area contributed by atoms with Crippen LogP contribution in [0.15, 0.2) is 48.0 Å². The van der Waals surface area contributed by atoms with Crippen molar-refractivity contribution in [2.24, 2.45) is 11.1 Å². The monoisotopic (exact) mass is 346 g/mol. The van der Waals surface area contributed by atoms with E-state index in [0.717, 1.165) is 45.9 Å². The Morgan fingerprint density at radius 1 is 1.19 bits per heavy atom. The summed E-state index contributed by atoms with van der Waals surface area (Å²) in [5, 5.41) is 7.82. The third kappa shape index (κ3) is 3.18. The standard InChI is InChI=1S/C20H18N4O2/c1-12-17(10-23-26)8-21-11-18(12)15-5-4-14-7-19(22-9-16(14)6-15)24-20(25)13-2-3-13/h4-9,11,13H,2-3,10H2,1H3,(H,22,24,25). The summed E-state index contributed by atoms with van der Waals surface area (Å²) in [6.45, 7) is 2.09. The molecule has 6 nitrogen and oxygen atoms in total. The first-order valence-corrected chi connectivity index (χ1v) is 8.59. The second kappa shape index (κ2) is 6.63. The van der Waals surface area contributed by atoms with Gasteiger partial charge in [0.1, 0.15) is 12.4 Å². The van der Waals surface area contributed by atoms with Crippen molar-refractivity contribution in [3.8, 4) is 11.1 Å². The molecule has 1 aliphatic carbocycles. The van der Waals surface area contributed by atoms with Crippen LogP contribution in [-0.2, 0) is 11.3 Å². The van der Waals surface area contributed by atoms with Gasteiger partial charge in [0.05, 0.1) is 0 Å². The van der Waals surface area contributed by atoms with Gasteiger partial charge >= 0.3 is 0 Å². The smallest absolute Gasteiger partial charge is 0.228 e. The number of anilines is 1. The van der Waals surface area contributed by atoms with Gasteiger partial charge in [-0.25, -0.2) is 4.98 Å². The van der Waals surface area contributed by atoms with Gasteiger partial charge in [-0.2, -0.15) is 4.91 Å². The van der Waals surface area contributed by atoms with Crippen molar-refractivity contribution < 1.29 is 4.79 Å². The number of nitroso groups, excluding NO2 is 1. The number of carbonyl (C=O) groups is 1. The van der Waals surface area contributed by atoms with Crippen LogP contribution < -0.4 is 5.32 Å². The largest absolute Gasteiger partial charge is 0.310 e. The van der Waals surface area contributed by atoms with Crippen LogP contribution in [0.25, 0.3) is 21.9 Å². The molecule has 2 heterocycles. The first kappa shape index (κ1) is 16.3. The zero-order chi connectivity index (χ0) is 18.1. The van der Waals surface area contributed by atoms with E-state index in [1.165, 1.54) is 0 Å². The maximum atomic E-state index is 11.9. The molecule has 0 saturated heterocycles. The summed E-state index contributed by atoms with van der Waals surface area (Å²) in [5.74, 6) is 0.785. The predicted molar refractivity (Wildman–Crippen MR) is 101 cm³/mol. The van der Waals surface area contributed by atoms with E-state index >= 15 is 0 Å². The van der Waals surface area contributed by atoms with Crippen LogP contribution in [0, 0.1) is 17.7 Å². The Hall–Kier alpha value is -3.15. The van der Waals surface area contributed by atoms with Gasteiger partial charge in [0.2, 0.25) is 5.91 Å². The van der Waals surface area contributed by atoms with E-state index < -0.39 is 0 Å². The van der Waals surface area contributed by atoms with E-state index in [9.17, 15) is 9.70 Å². The van der Waals surface area contributed by atoms with E-state index in [0.29, 0.717) is 5.82 Å². The van der Waals surface area contributed by atoms with Gasteiger partial charge in [-0.05, 0) is 54.0 Å². The Balaban J connectivity index is 1.66. The van der Waals surface area contributed by atoms with Gasteiger partial charge in [-0.1, -0.05) is 17.3 Å². The lowest BCUT2D eigenvalue weighted by Crippen LogP contribution is -2.14. The highest BCUT2D eigenvalue weighted by molar-refractivity contribution is 5.96. The van der Waals surface area contributed by atoms with Crippen LogP contribution >= 0.6 is 0 Å².